The van der Waals surface area contributed by atoms with E-state index in [9.17, 15) is 19.5 Å². The van der Waals surface area contributed by atoms with Gasteiger partial charge >= 0.3 is 11.9 Å². The molecule has 5 rings (SSSR count). The van der Waals surface area contributed by atoms with Gasteiger partial charge in [-0.2, -0.15) is 0 Å². The van der Waals surface area contributed by atoms with E-state index < -0.39 is 18.0 Å². The first-order valence-electron chi connectivity index (χ1n) is 13.7. The molecular formula is C32H29BrN2O7S. The number of aromatic nitrogens is 1. The van der Waals surface area contributed by atoms with Crippen LogP contribution >= 0.6 is 27.3 Å². The van der Waals surface area contributed by atoms with Gasteiger partial charge in [-0.1, -0.05) is 46.7 Å². The molecule has 2 aromatic carbocycles. The van der Waals surface area contributed by atoms with Gasteiger partial charge in [-0.3, -0.25) is 9.36 Å². The number of rotatable bonds is 9. The van der Waals surface area contributed by atoms with Crippen LogP contribution in [0.4, 0.5) is 0 Å². The van der Waals surface area contributed by atoms with Crippen molar-refractivity contribution in [1.29, 1.82) is 0 Å². The molecule has 1 aliphatic rings. The van der Waals surface area contributed by atoms with Crippen LogP contribution in [-0.4, -0.2) is 35.3 Å². The smallest absolute Gasteiger partial charge is 0.338 e. The summed E-state index contributed by atoms with van der Waals surface area (Å²) in [5.74, 6) is -0.167. The number of thiazole rings is 1. The third kappa shape index (κ3) is 5.87. The van der Waals surface area contributed by atoms with Gasteiger partial charge in [0.05, 0.1) is 35.1 Å². The molecule has 9 nitrogen and oxygen atoms in total. The zero-order valence-corrected chi connectivity index (χ0v) is 26.4. The number of carbonyl (C=O) groups is 2. The molecule has 0 unspecified atom stereocenters. The largest absolute Gasteiger partial charge is 0.496 e. The van der Waals surface area contributed by atoms with Crippen LogP contribution in [0.5, 0.6) is 5.75 Å². The maximum absolute atomic E-state index is 14.1. The zero-order chi connectivity index (χ0) is 30.8. The monoisotopic (exact) mass is 664 g/mol. The lowest BCUT2D eigenvalue weighted by Gasteiger charge is -2.27. The lowest BCUT2D eigenvalue weighted by Crippen LogP contribution is -2.40. The second kappa shape index (κ2) is 12.6. The summed E-state index contributed by atoms with van der Waals surface area (Å²) < 4.78 is 19.8. The average Bonchev–Trinajstić information content (AvgIpc) is 3.56. The first-order valence-corrected chi connectivity index (χ1v) is 15.3. The number of aromatic carboxylic acids is 1. The summed E-state index contributed by atoms with van der Waals surface area (Å²) in [6.07, 6.45) is 2.88. The number of carbonyl (C=O) groups excluding carboxylic acids is 1. The molecule has 1 aliphatic heterocycles. The van der Waals surface area contributed by atoms with Crippen molar-refractivity contribution < 1.29 is 28.6 Å². The molecule has 0 bridgehead atoms. The van der Waals surface area contributed by atoms with E-state index in [1.54, 1.807) is 56.5 Å². The van der Waals surface area contributed by atoms with Crippen molar-refractivity contribution in [3.05, 3.63) is 106 Å². The number of carboxylic acid groups (broad SMARTS) is 1. The van der Waals surface area contributed by atoms with Crippen molar-refractivity contribution in [2.45, 2.75) is 39.7 Å². The Bertz CT molecular complexity index is 1950. The Morgan fingerprint density at radius 2 is 1.95 bits per heavy atom. The minimum atomic E-state index is -1.03. The number of ether oxygens (including phenoxy) is 2. The number of fused-ring (bicyclic) bond motifs is 1. The number of halogens is 1. The number of carboxylic acids is 1. The van der Waals surface area contributed by atoms with Gasteiger partial charge in [0.2, 0.25) is 0 Å². The molecule has 0 spiro atoms. The van der Waals surface area contributed by atoms with Crippen molar-refractivity contribution in [3.8, 4) is 17.1 Å². The first-order chi connectivity index (χ1) is 20.7. The van der Waals surface area contributed by atoms with Crippen molar-refractivity contribution in [2.75, 3.05) is 13.7 Å². The molecule has 0 saturated heterocycles. The Kier molecular flexibility index (Phi) is 8.84. The van der Waals surface area contributed by atoms with Gasteiger partial charge in [-0.05, 0) is 68.3 Å². The van der Waals surface area contributed by atoms with E-state index in [-0.39, 0.29) is 17.7 Å². The summed E-state index contributed by atoms with van der Waals surface area (Å²) in [7, 11) is 1.54. The molecule has 3 heterocycles. The SMILES string of the molecule is CCCC1=C(C(=O)OCC)[C@@H](c2cc(Br)ccc2OC)n2c(s/c(=C/c3ccc(-c4cc(C(=O)O)ccc4C)o3)c2=O)=N1. The lowest BCUT2D eigenvalue weighted by atomic mass is 9.93. The first kappa shape index (κ1) is 30.2. The van der Waals surface area contributed by atoms with Gasteiger partial charge in [0.15, 0.2) is 4.80 Å². The molecule has 4 aromatic rings. The fourth-order valence-corrected chi connectivity index (χ4v) is 6.44. The summed E-state index contributed by atoms with van der Waals surface area (Å²) in [5.41, 5.74) is 2.77. The molecule has 222 valence electrons. The summed E-state index contributed by atoms with van der Waals surface area (Å²) in [5, 5.41) is 9.42. The molecule has 0 fully saturated rings. The summed E-state index contributed by atoms with van der Waals surface area (Å²) in [6.45, 7) is 5.77. The van der Waals surface area contributed by atoms with Crippen LogP contribution in [0, 0.1) is 6.92 Å². The van der Waals surface area contributed by atoms with Gasteiger partial charge in [-0.15, -0.1) is 0 Å². The number of esters is 1. The van der Waals surface area contributed by atoms with E-state index in [1.165, 1.54) is 15.9 Å². The molecule has 2 aromatic heterocycles. The molecule has 43 heavy (non-hydrogen) atoms. The number of allylic oxidation sites excluding steroid dienone is 1. The molecule has 11 heteroatoms. The van der Waals surface area contributed by atoms with Crippen LogP contribution in [-0.2, 0) is 9.53 Å². The summed E-state index contributed by atoms with van der Waals surface area (Å²) in [6, 6.07) is 12.9. The van der Waals surface area contributed by atoms with E-state index in [4.69, 9.17) is 18.9 Å². The zero-order valence-electron chi connectivity index (χ0n) is 24.0. The number of benzene rings is 2. The normalized spacial score (nSPS) is 14.8. The second-order valence-electron chi connectivity index (χ2n) is 9.84. The molecule has 0 amide bonds. The third-order valence-corrected chi connectivity index (χ3v) is 8.50. The fraction of sp³-hybridized carbons (Fsp3) is 0.250. The quantitative estimate of drug-likeness (QED) is 0.231. The van der Waals surface area contributed by atoms with Gasteiger partial charge < -0.3 is 19.0 Å². The Morgan fingerprint density at radius 3 is 2.65 bits per heavy atom. The van der Waals surface area contributed by atoms with Crippen LogP contribution in [0.3, 0.4) is 0 Å². The van der Waals surface area contributed by atoms with E-state index in [1.807, 2.05) is 26.0 Å². The maximum Gasteiger partial charge on any atom is 0.338 e. The fourth-order valence-electron chi connectivity index (χ4n) is 5.06. The number of nitrogens with zero attached hydrogens (tertiary/aromatic N) is 2. The highest BCUT2D eigenvalue weighted by Gasteiger charge is 2.36. The van der Waals surface area contributed by atoms with Crippen LogP contribution in [0.15, 0.2) is 78.5 Å². The highest BCUT2D eigenvalue weighted by molar-refractivity contribution is 9.10. The highest BCUT2D eigenvalue weighted by atomic mass is 79.9. The Hall–Kier alpha value is -4.22. The molecule has 1 atom stereocenters. The Morgan fingerprint density at radius 1 is 1.16 bits per heavy atom. The highest BCUT2D eigenvalue weighted by Crippen LogP contribution is 2.38. The standard InChI is InChI=1S/C32H29BrN2O7S/c1-5-7-23-27(31(39)41-6-2)28(22-15-19(33)10-12-24(22)40-4)35-29(36)26(43-32(35)34-23)16-20-11-13-25(42-20)21-14-18(30(37)38)9-8-17(21)3/h8-16,28H,5-7H2,1-4H3,(H,37,38)/b26-16+/t28-/m1/s1. The van der Waals surface area contributed by atoms with Gasteiger partial charge in [-0.25, -0.2) is 14.6 Å². The predicted octanol–water partition coefficient (Wildman–Crippen LogP) is 5.62. The summed E-state index contributed by atoms with van der Waals surface area (Å²) >= 11 is 4.72. The van der Waals surface area contributed by atoms with E-state index >= 15 is 0 Å². The average molecular weight is 666 g/mol. The number of aryl methyl sites for hydroxylation is 1. The molecule has 0 aliphatic carbocycles. The third-order valence-electron chi connectivity index (χ3n) is 7.03. The Labute approximate surface area is 259 Å². The van der Waals surface area contributed by atoms with Crippen molar-refractivity contribution in [3.63, 3.8) is 0 Å². The van der Waals surface area contributed by atoms with Crippen LogP contribution in [0.1, 0.15) is 60.0 Å². The molecule has 0 saturated carbocycles. The second-order valence-corrected chi connectivity index (χ2v) is 11.8. The van der Waals surface area contributed by atoms with Crippen LogP contribution < -0.4 is 19.6 Å². The van der Waals surface area contributed by atoms with E-state index in [0.29, 0.717) is 55.4 Å². The topological polar surface area (TPSA) is 120 Å². The lowest BCUT2D eigenvalue weighted by molar-refractivity contribution is -0.139. The van der Waals surface area contributed by atoms with Crippen molar-refractivity contribution in [1.82, 2.24) is 4.57 Å². The van der Waals surface area contributed by atoms with E-state index in [2.05, 4.69) is 15.9 Å². The van der Waals surface area contributed by atoms with Gasteiger partial charge in [0.25, 0.3) is 5.56 Å². The van der Waals surface area contributed by atoms with Crippen LogP contribution in [0.2, 0.25) is 0 Å². The molecule has 1 N–H and O–H groups in total. The summed E-state index contributed by atoms with van der Waals surface area (Å²) in [4.78, 5) is 44.2. The van der Waals surface area contributed by atoms with Crippen LogP contribution in [0.25, 0.3) is 17.4 Å². The number of hydrogen-bond acceptors (Lipinski definition) is 8. The molecule has 0 radical (unpaired) electrons. The predicted molar refractivity (Wildman–Crippen MR) is 166 cm³/mol. The Balaban J connectivity index is 1.70. The molecular weight excluding hydrogens is 636 g/mol. The van der Waals surface area contributed by atoms with Gasteiger partial charge in [0, 0.05) is 21.7 Å². The van der Waals surface area contributed by atoms with E-state index in [0.717, 1.165) is 16.5 Å². The number of furan rings is 1. The minimum Gasteiger partial charge on any atom is -0.496 e. The van der Waals surface area contributed by atoms with Crippen molar-refractivity contribution in [2.24, 2.45) is 4.99 Å². The van der Waals surface area contributed by atoms with Gasteiger partial charge in [0.1, 0.15) is 23.3 Å². The minimum absolute atomic E-state index is 0.148. The van der Waals surface area contributed by atoms with Crippen molar-refractivity contribution >= 4 is 45.3 Å². The number of methoxy groups -OCH3 is 1. The maximum atomic E-state index is 14.1. The number of hydrogen-bond donors (Lipinski definition) is 1.